The molecule has 0 bridgehead atoms. The van der Waals surface area contributed by atoms with Crippen LogP contribution in [0.15, 0.2) is 12.1 Å². The Hall–Kier alpha value is -1.90. The molecule has 0 fully saturated rings. The van der Waals surface area contributed by atoms with Gasteiger partial charge in [-0.1, -0.05) is 0 Å². The summed E-state index contributed by atoms with van der Waals surface area (Å²) < 4.78 is 21.8. The highest BCUT2D eigenvalue weighted by Gasteiger charge is 2.15. The van der Waals surface area contributed by atoms with Crippen LogP contribution >= 0.6 is 0 Å². The lowest BCUT2D eigenvalue weighted by Gasteiger charge is -2.06. The van der Waals surface area contributed by atoms with E-state index in [1.165, 1.54) is 12.1 Å². The van der Waals surface area contributed by atoms with Crippen molar-refractivity contribution in [3.8, 4) is 0 Å². The number of nitrogens with zero attached hydrogens (tertiary/aromatic N) is 2. The molecule has 1 heterocycles. The molecule has 0 unspecified atom stereocenters. The Kier molecular flexibility index (Phi) is 4.43. The van der Waals surface area contributed by atoms with Crippen molar-refractivity contribution >= 4 is 27.2 Å². The van der Waals surface area contributed by atoms with Crippen molar-refractivity contribution in [3.05, 3.63) is 22.2 Å². The van der Waals surface area contributed by atoms with E-state index >= 15 is 0 Å². The summed E-state index contributed by atoms with van der Waals surface area (Å²) in [5, 5.41) is 13.4. The van der Waals surface area contributed by atoms with Crippen LogP contribution in [0.4, 0.5) is 17.3 Å². The van der Waals surface area contributed by atoms with E-state index in [1.54, 1.807) is 0 Å². The van der Waals surface area contributed by atoms with Gasteiger partial charge in [0.05, 0.1) is 10.7 Å². The molecule has 1 aromatic heterocycles. The van der Waals surface area contributed by atoms with Crippen LogP contribution in [0.3, 0.4) is 0 Å². The molecule has 100 valence electrons. The number of sulfone groups is 1. The second kappa shape index (κ2) is 5.63. The predicted octanol–water partition coefficient (Wildman–Crippen LogP) is 0.419. The third-order valence-corrected chi connectivity index (χ3v) is 3.11. The van der Waals surface area contributed by atoms with Gasteiger partial charge in [0.1, 0.15) is 15.7 Å². The summed E-state index contributed by atoms with van der Waals surface area (Å²) in [5.74, 6) is 0.218. The lowest BCUT2D eigenvalue weighted by molar-refractivity contribution is -0.384. The quantitative estimate of drug-likeness (QED) is 0.437. The van der Waals surface area contributed by atoms with Crippen molar-refractivity contribution in [2.24, 2.45) is 0 Å². The molecule has 0 saturated carbocycles. The van der Waals surface area contributed by atoms with Crippen LogP contribution in [-0.2, 0) is 9.84 Å². The molecule has 3 N–H and O–H groups in total. The van der Waals surface area contributed by atoms with Gasteiger partial charge in [0, 0.05) is 18.9 Å². The van der Waals surface area contributed by atoms with E-state index in [-0.39, 0.29) is 29.6 Å². The third kappa shape index (κ3) is 4.53. The minimum absolute atomic E-state index is 0.0100. The predicted molar refractivity (Wildman–Crippen MR) is 68.1 cm³/mol. The average Bonchev–Trinajstić information content (AvgIpc) is 2.22. The summed E-state index contributed by atoms with van der Waals surface area (Å²) in [6.45, 7) is 0.268. The molecule has 1 aromatic rings. The van der Waals surface area contributed by atoms with E-state index in [4.69, 9.17) is 5.73 Å². The first kappa shape index (κ1) is 14.2. The van der Waals surface area contributed by atoms with Crippen LogP contribution < -0.4 is 11.1 Å². The lowest BCUT2D eigenvalue weighted by Crippen LogP contribution is -2.12. The van der Waals surface area contributed by atoms with E-state index in [0.717, 1.165) is 6.26 Å². The van der Waals surface area contributed by atoms with Crippen LogP contribution in [0.25, 0.3) is 0 Å². The van der Waals surface area contributed by atoms with Gasteiger partial charge in [-0.2, -0.15) is 0 Å². The van der Waals surface area contributed by atoms with Crippen molar-refractivity contribution in [2.45, 2.75) is 6.42 Å². The van der Waals surface area contributed by atoms with Crippen LogP contribution in [-0.4, -0.2) is 36.9 Å². The molecule has 8 nitrogen and oxygen atoms in total. The topological polar surface area (TPSA) is 128 Å². The van der Waals surface area contributed by atoms with Gasteiger partial charge in [0.2, 0.25) is 5.82 Å². The molecule has 0 aromatic carbocycles. The van der Waals surface area contributed by atoms with Gasteiger partial charge in [-0.3, -0.25) is 10.1 Å². The van der Waals surface area contributed by atoms with E-state index < -0.39 is 14.8 Å². The number of hydrogen-bond donors (Lipinski definition) is 2. The number of pyridine rings is 1. The maximum absolute atomic E-state index is 10.9. The van der Waals surface area contributed by atoms with Gasteiger partial charge in [-0.15, -0.1) is 0 Å². The van der Waals surface area contributed by atoms with Gasteiger partial charge in [-0.25, -0.2) is 13.4 Å². The minimum Gasteiger partial charge on any atom is -0.384 e. The lowest BCUT2D eigenvalue weighted by atomic mass is 10.3. The Morgan fingerprint density at radius 3 is 2.72 bits per heavy atom. The molecule has 0 aliphatic rings. The molecule has 9 heteroatoms. The van der Waals surface area contributed by atoms with Crippen LogP contribution in [0.1, 0.15) is 6.42 Å². The summed E-state index contributed by atoms with van der Waals surface area (Å²) in [5.41, 5.74) is 5.24. The average molecular weight is 274 g/mol. The van der Waals surface area contributed by atoms with Gasteiger partial charge >= 0.3 is 5.69 Å². The van der Waals surface area contributed by atoms with E-state index in [2.05, 4.69) is 10.3 Å². The summed E-state index contributed by atoms with van der Waals surface area (Å²) >= 11 is 0. The highest BCUT2D eigenvalue weighted by atomic mass is 32.2. The highest BCUT2D eigenvalue weighted by molar-refractivity contribution is 7.90. The summed E-state index contributed by atoms with van der Waals surface area (Å²) in [6.07, 6.45) is 1.47. The van der Waals surface area contributed by atoms with E-state index in [1.807, 2.05) is 0 Å². The molecular formula is C9H14N4O4S. The number of nitro groups is 1. The Balaban J connectivity index is 2.66. The largest absolute Gasteiger partial charge is 0.384 e. The molecular weight excluding hydrogens is 260 g/mol. The monoisotopic (exact) mass is 274 g/mol. The first-order valence-electron chi connectivity index (χ1n) is 5.12. The van der Waals surface area contributed by atoms with Crippen molar-refractivity contribution in [2.75, 3.05) is 29.6 Å². The van der Waals surface area contributed by atoms with Crippen LogP contribution in [0.2, 0.25) is 0 Å². The molecule has 18 heavy (non-hydrogen) atoms. The summed E-state index contributed by atoms with van der Waals surface area (Å²) in [4.78, 5) is 13.9. The Labute approximate surface area is 104 Å². The number of nitrogens with two attached hydrogens (primary N) is 1. The Morgan fingerprint density at radius 2 is 2.17 bits per heavy atom. The number of nitrogens with one attached hydrogen (secondary N) is 1. The smallest absolute Gasteiger partial charge is 0.311 e. The first-order chi connectivity index (χ1) is 8.29. The van der Waals surface area contributed by atoms with Gasteiger partial charge in [0.15, 0.2) is 0 Å². The van der Waals surface area contributed by atoms with E-state index in [9.17, 15) is 18.5 Å². The fourth-order valence-electron chi connectivity index (χ4n) is 1.29. The zero-order valence-corrected chi connectivity index (χ0v) is 10.6. The number of rotatable bonds is 6. The molecule has 1 rings (SSSR count). The van der Waals surface area contributed by atoms with Gasteiger partial charge in [0.25, 0.3) is 0 Å². The van der Waals surface area contributed by atoms with Gasteiger partial charge in [-0.05, 0) is 12.5 Å². The molecule has 0 aliphatic heterocycles. The second-order valence-corrected chi connectivity index (χ2v) is 6.03. The van der Waals surface area contributed by atoms with Crippen molar-refractivity contribution < 1.29 is 13.3 Å². The normalized spacial score (nSPS) is 11.2. The number of hydrogen-bond acceptors (Lipinski definition) is 7. The SMILES string of the molecule is CS(=O)(=O)CCCNc1nc(N)ccc1[N+](=O)[O-]. The van der Waals surface area contributed by atoms with Crippen molar-refractivity contribution in [1.29, 1.82) is 0 Å². The van der Waals surface area contributed by atoms with E-state index in [0.29, 0.717) is 6.42 Å². The van der Waals surface area contributed by atoms with Crippen LogP contribution in [0, 0.1) is 10.1 Å². The number of aromatic nitrogens is 1. The fourth-order valence-corrected chi connectivity index (χ4v) is 1.95. The third-order valence-electron chi connectivity index (χ3n) is 2.08. The number of anilines is 2. The molecule has 0 radical (unpaired) electrons. The standard InChI is InChI=1S/C9H14N4O4S/c1-18(16,17)6-2-5-11-9-7(13(14)15)3-4-8(10)12-9/h3-4H,2,5-6H2,1H3,(H3,10,11,12). The molecule has 0 amide bonds. The maximum Gasteiger partial charge on any atom is 0.311 e. The Morgan fingerprint density at radius 1 is 1.50 bits per heavy atom. The van der Waals surface area contributed by atoms with Crippen LogP contribution in [0.5, 0.6) is 0 Å². The van der Waals surface area contributed by atoms with Gasteiger partial charge < -0.3 is 11.1 Å². The fraction of sp³-hybridized carbons (Fsp3) is 0.444. The number of nitrogen functional groups attached to an aromatic ring is 1. The molecule has 0 spiro atoms. The van der Waals surface area contributed by atoms with Crippen molar-refractivity contribution in [3.63, 3.8) is 0 Å². The Bertz CT molecular complexity index is 543. The first-order valence-corrected chi connectivity index (χ1v) is 7.18. The minimum atomic E-state index is -3.03. The van der Waals surface area contributed by atoms with Crippen molar-refractivity contribution in [1.82, 2.24) is 4.98 Å². The molecule has 0 saturated heterocycles. The zero-order chi connectivity index (χ0) is 13.8. The molecule has 0 atom stereocenters. The second-order valence-electron chi connectivity index (χ2n) is 3.77. The summed E-state index contributed by atoms with van der Waals surface area (Å²) in [6, 6.07) is 2.58. The maximum atomic E-state index is 10.9. The summed E-state index contributed by atoms with van der Waals surface area (Å²) in [7, 11) is -3.03. The molecule has 0 aliphatic carbocycles. The zero-order valence-electron chi connectivity index (χ0n) is 9.79. The highest BCUT2D eigenvalue weighted by Crippen LogP contribution is 2.22.